The van der Waals surface area contributed by atoms with Crippen molar-refractivity contribution in [1.82, 2.24) is 0 Å². The minimum Gasteiger partial charge on any atom is -0.497 e. The zero-order chi connectivity index (χ0) is 18.2. The lowest BCUT2D eigenvalue weighted by Gasteiger charge is -2.56. The smallest absolute Gasteiger partial charge is 0.173 e. The van der Waals surface area contributed by atoms with Crippen LogP contribution in [0.25, 0.3) is 0 Å². The lowest BCUT2D eigenvalue weighted by Crippen LogP contribution is -2.55. The molecule has 0 saturated heterocycles. The molecule has 3 unspecified atom stereocenters. The van der Waals surface area contributed by atoms with Gasteiger partial charge in [0, 0.05) is 5.41 Å². The molecule has 4 heteroatoms. The van der Waals surface area contributed by atoms with Crippen LogP contribution >= 0.6 is 0 Å². The van der Waals surface area contributed by atoms with Crippen LogP contribution in [-0.4, -0.2) is 31.2 Å². The number of carbonyl (C=O) groups is 1. The summed E-state index contributed by atoms with van der Waals surface area (Å²) in [6.45, 7) is 4.25. The molecule has 138 valence electrons. The maximum atomic E-state index is 13.8. The Bertz CT molecular complexity index is 651. The molecule has 2 aliphatic rings. The molecule has 0 heterocycles. The van der Waals surface area contributed by atoms with Crippen molar-refractivity contribution in [3.05, 3.63) is 23.8 Å². The highest BCUT2D eigenvalue weighted by Gasteiger charge is 2.57. The first-order valence-electron chi connectivity index (χ1n) is 9.31. The normalized spacial score (nSPS) is 31.1. The molecule has 0 spiro atoms. The molecule has 0 bridgehead atoms. The van der Waals surface area contributed by atoms with Gasteiger partial charge >= 0.3 is 0 Å². The highest BCUT2D eigenvalue weighted by molar-refractivity contribution is 6.03. The molecular formula is C21H30O4. The van der Waals surface area contributed by atoms with Crippen LogP contribution in [0.5, 0.6) is 11.5 Å². The Morgan fingerprint density at radius 2 is 1.88 bits per heavy atom. The van der Waals surface area contributed by atoms with E-state index >= 15 is 0 Å². The van der Waals surface area contributed by atoms with Crippen LogP contribution in [0.1, 0.15) is 62.7 Å². The molecule has 1 aromatic carbocycles. The van der Waals surface area contributed by atoms with Crippen LogP contribution in [0.4, 0.5) is 0 Å². The molecule has 1 aromatic rings. The van der Waals surface area contributed by atoms with E-state index in [9.17, 15) is 9.90 Å². The summed E-state index contributed by atoms with van der Waals surface area (Å²) in [4.78, 5) is 13.8. The van der Waals surface area contributed by atoms with Crippen molar-refractivity contribution in [3.8, 4) is 11.5 Å². The molecule has 0 aliphatic heterocycles. The Hall–Kier alpha value is -1.55. The fourth-order valence-corrected chi connectivity index (χ4v) is 5.27. The van der Waals surface area contributed by atoms with E-state index in [4.69, 9.17) is 9.47 Å². The van der Waals surface area contributed by atoms with E-state index in [0.29, 0.717) is 23.5 Å². The third-order valence-electron chi connectivity index (χ3n) is 6.76. The highest BCUT2D eigenvalue weighted by Crippen LogP contribution is 2.59. The zero-order valence-corrected chi connectivity index (χ0v) is 15.8. The van der Waals surface area contributed by atoms with Crippen molar-refractivity contribution in [2.45, 2.75) is 58.5 Å². The number of hydrogen-bond acceptors (Lipinski definition) is 4. The average molecular weight is 346 g/mol. The maximum Gasteiger partial charge on any atom is 0.173 e. The highest BCUT2D eigenvalue weighted by atomic mass is 16.5. The monoisotopic (exact) mass is 346 g/mol. The molecule has 0 amide bonds. The summed E-state index contributed by atoms with van der Waals surface area (Å²) in [7, 11) is 3.21. The van der Waals surface area contributed by atoms with Gasteiger partial charge in [0.2, 0.25) is 0 Å². The summed E-state index contributed by atoms with van der Waals surface area (Å²) in [6.07, 6.45) is 5.19. The van der Waals surface area contributed by atoms with Gasteiger partial charge in [0.1, 0.15) is 11.5 Å². The number of carbonyl (C=O) groups excluding carboxylic acids is 1. The van der Waals surface area contributed by atoms with E-state index in [1.807, 2.05) is 12.1 Å². The molecule has 0 aromatic heterocycles. The SMILES string of the molecule is COc1ccc(OC)c(C(=O)C23CCCCC2C(C)(C)C(O)CC3)c1. The van der Waals surface area contributed by atoms with Crippen LogP contribution in [-0.2, 0) is 0 Å². The van der Waals surface area contributed by atoms with E-state index in [1.165, 1.54) is 0 Å². The maximum absolute atomic E-state index is 13.8. The Morgan fingerprint density at radius 1 is 1.12 bits per heavy atom. The Balaban J connectivity index is 2.08. The molecule has 25 heavy (non-hydrogen) atoms. The van der Waals surface area contributed by atoms with Crippen LogP contribution < -0.4 is 9.47 Å². The predicted molar refractivity (Wildman–Crippen MR) is 97.3 cm³/mol. The van der Waals surface area contributed by atoms with Gasteiger partial charge in [-0.15, -0.1) is 0 Å². The zero-order valence-electron chi connectivity index (χ0n) is 15.8. The second-order valence-corrected chi connectivity index (χ2v) is 8.23. The second kappa shape index (κ2) is 6.64. The van der Waals surface area contributed by atoms with Gasteiger partial charge in [-0.3, -0.25) is 4.79 Å². The standard InChI is InChI=1S/C21H30O4/c1-20(2)17-7-5-6-11-21(17,12-10-18(20)22)19(23)15-13-14(24-3)8-9-16(15)25-4/h8-9,13,17-18,22H,5-7,10-12H2,1-4H3. The number of ether oxygens (including phenoxy) is 2. The molecule has 0 radical (unpaired) electrons. The number of aliphatic hydroxyl groups is 1. The number of ketones is 1. The molecule has 2 saturated carbocycles. The molecule has 4 nitrogen and oxygen atoms in total. The van der Waals surface area contributed by atoms with E-state index in [1.54, 1.807) is 20.3 Å². The van der Waals surface area contributed by atoms with Crippen LogP contribution in [0.15, 0.2) is 18.2 Å². The fourth-order valence-electron chi connectivity index (χ4n) is 5.27. The second-order valence-electron chi connectivity index (χ2n) is 8.23. The molecule has 3 rings (SSSR count). The third kappa shape index (κ3) is 2.84. The first kappa shape index (κ1) is 18.2. The topological polar surface area (TPSA) is 55.8 Å². The van der Waals surface area contributed by atoms with E-state index < -0.39 is 5.41 Å². The minimum atomic E-state index is -0.402. The van der Waals surface area contributed by atoms with Crippen LogP contribution in [0.3, 0.4) is 0 Å². The first-order valence-corrected chi connectivity index (χ1v) is 9.31. The Kier molecular flexibility index (Phi) is 4.84. The number of fused-ring (bicyclic) bond motifs is 1. The van der Waals surface area contributed by atoms with Crippen molar-refractivity contribution in [1.29, 1.82) is 0 Å². The summed E-state index contributed by atoms with van der Waals surface area (Å²) in [6, 6.07) is 5.43. The van der Waals surface area contributed by atoms with Gasteiger partial charge in [0.15, 0.2) is 5.78 Å². The number of benzene rings is 1. The lowest BCUT2D eigenvalue weighted by atomic mass is 9.48. The van der Waals surface area contributed by atoms with E-state index in [0.717, 1.165) is 32.1 Å². The summed E-state index contributed by atoms with van der Waals surface area (Å²) >= 11 is 0. The van der Waals surface area contributed by atoms with Gasteiger partial charge < -0.3 is 14.6 Å². The summed E-state index contributed by atoms with van der Waals surface area (Å²) in [5, 5.41) is 10.6. The predicted octanol–water partition coefficient (Wildman–Crippen LogP) is 4.24. The third-order valence-corrected chi connectivity index (χ3v) is 6.76. The van der Waals surface area contributed by atoms with E-state index in [-0.39, 0.29) is 23.2 Å². The van der Waals surface area contributed by atoms with Gasteiger partial charge in [-0.2, -0.15) is 0 Å². The summed E-state index contributed by atoms with van der Waals surface area (Å²) in [5.74, 6) is 1.63. The number of Topliss-reactive ketones (excluding diaryl/α,β-unsaturated/α-hetero) is 1. The number of methoxy groups -OCH3 is 2. The first-order chi connectivity index (χ1) is 11.9. The number of aliphatic hydroxyl groups excluding tert-OH is 1. The van der Waals surface area contributed by atoms with E-state index in [2.05, 4.69) is 13.8 Å². The van der Waals surface area contributed by atoms with Crippen LogP contribution in [0.2, 0.25) is 0 Å². The average Bonchev–Trinajstić information content (AvgIpc) is 2.64. The van der Waals surface area contributed by atoms with Gasteiger partial charge in [-0.25, -0.2) is 0 Å². The summed E-state index contributed by atoms with van der Waals surface area (Å²) in [5.41, 5.74) is -0.0397. The quantitative estimate of drug-likeness (QED) is 0.828. The molecular weight excluding hydrogens is 316 g/mol. The van der Waals surface area contributed by atoms with Crippen molar-refractivity contribution in [2.24, 2.45) is 16.7 Å². The number of rotatable bonds is 4. The minimum absolute atomic E-state index is 0.160. The van der Waals surface area contributed by atoms with Gasteiger partial charge in [-0.05, 0) is 55.2 Å². The molecule has 2 aliphatic carbocycles. The largest absolute Gasteiger partial charge is 0.497 e. The van der Waals surface area contributed by atoms with Crippen molar-refractivity contribution >= 4 is 5.78 Å². The summed E-state index contributed by atoms with van der Waals surface area (Å²) < 4.78 is 10.8. The van der Waals surface area contributed by atoms with Crippen molar-refractivity contribution in [2.75, 3.05) is 14.2 Å². The molecule has 3 atom stereocenters. The Morgan fingerprint density at radius 3 is 2.56 bits per heavy atom. The van der Waals surface area contributed by atoms with Gasteiger partial charge in [-0.1, -0.05) is 26.7 Å². The lowest BCUT2D eigenvalue weighted by molar-refractivity contribution is -0.102. The van der Waals surface area contributed by atoms with Crippen LogP contribution in [0, 0.1) is 16.7 Å². The Labute approximate surface area is 150 Å². The van der Waals surface area contributed by atoms with Gasteiger partial charge in [0.25, 0.3) is 0 Å². The fraction of sp³-hybridized carbons (Fsp3) is 0.667. The number of hydrogen-bond donors (Lipinski definition) is 1. The molecule has 1 N–H and O–H groups in total. The van der Waals surface area contributed by atoms with Crippen molar-refractivity contribution < 1.29 is 19.4 Å². The van der Waals surface area contributed by atoms with Crippen molar-refractivity contribution in [3.63, 3.8) is 0 Å². The molecule has 2 fully saturated rings. The van der Waals surface area contributed by atoms with Gasteiger partial charge in [0.05, 0.1) is 25.9 Å².